The Balaban J connectivity index is 2.02. The van der Waals surface area contributed by atoms with Crippen LogP contribution in [0.2, 0.25) is 0 Å². The van der Waals surface area contributed by atoms with E-state index in [0.717, 1.165) is 6.42 Å². The highest BCUT2D eigenvalue weighted by Crippen LogP contribution is 2.25. The topological polar surface area (TPSA) is 120 Å². The third-order valence-electron chi connectivity index (χ3n) is 3.47. The minimum Gasteiger partial charge on any atom is -0.394 e. The molecule has 0 spiro atoms. The Labute approximate surface area is 110 Å². The number of ether oxygens (including phenoxy) is 2. The van der Waals surface area contributed by atoms with Gasteiger partial charge in [-0.15, -0.1) is 0 Å². The zero-order valence-electron chi connectivity index (χ0n) is 10.4. The average Bonchev–Trinajstić information content (AvgIpc) is 2.41. The zero-order valence-corrected chi connectivity index (χ0v) is 10.4. The highest BCUT2D eigenvalue weighted by atomic mass is 16.7. The third-order valence-corrected chi connectivity index (χ3v) is 3.47. The normalized spacial score (nSPS) is 47.3. The molecule has 19 heavy (non-hydrogen) atoms. The summed E-state index contributed by atoms with van der Waals surface area (Å²) in [5.41, 5.74) is 0. The molecule has 2 rings (SSSR count). The molecule has 7 atom stereocenters. The molecule has 1 fully saturated rings. The molecule has 5 N–H and O–H groups in total. The van der Waals surface area contributed by atoms with Crippen molar-refractivity contribution in [3.05, 3.63) is 12.2 Å². The molecule has 1 aliphatic carbocycles. The van der Waals surface area contributed by atoms with E-state index in [1.165, 1.54) is 0 Å². The summed E-state index contributed by atoms with van der Waals surface area (Å²) in [7, 11) is 0. The monoisotopic (exact) mass is 276 g/mol. The van der Waals surface area contributed by atoms with Crippen molar-refractivity contribution in [2.45, 2.75) is 55.8 Å². The maximum atomic E-state index is 9.79. The minimum absolute atomic E-state index is 0.506. The van der Waals surface area contributed by atoms with E-state index in [1.807, 2.05) is 6.08 Å². The summed E-state index contributed by atoms with van der Waals surface area (Å²) in [4.78, 5) is 0. The largest absolute Gasteiger partial charge is 0.394 e. The van der Waals surface area contributed by atoms with Gasteiger partial charge in [-0.1, -0.05) is 12.2 Å². The molecule has 0 radical (unpaired) electrons. The third kappa shape index (κ3) is 3.14. The van der Waals surface area contributed by atoms with E-state index in [2.05, 4.69) is 0 Å². The highest BCUT2D eigenvalue weighted by molar-refractivity contribution is 5.00. The second-order valence-corrected chi connectivity index (χ2v) is 4.87. The van der Waals surface area contributed by atoms with Crippen LogP contribution in [0.25, 0.3) is 0 Å². The minimum atomic E-state index is -1.47. The Kier molecular flexibility index (Phi) is 4.91. The molecule has 110 valence electrons. The fraction of sp³-hybridized carbons (Fsp3) is 0.833. The van der Waals surface area contributed by atoms with Crippen molar-refractivity contribution in [2.24, 2.45) is 0 Å². The molecule has 0 aromatic heterocycles. The molecule has 0 aromatic carbocycles. The number of aliphatic hydroxyl groups excluding tert-OH is 5. The molecule has 1 aliphatic heterocycles. The second-order valence-electron chi connectivity index (χ2n) is 4.87. The Morgan fingerprint density at radius 1 is 1.11 bits per heavy atom. The van der Waals surface area contributed by atoms with Crippen LogP contribution in [0.1, 0.15) is 12.8 Å². The average molecular weight is 276 g/mol. The molecule has 2 aliphatic rings. The fourth-order valence-corrected chi connectivity index (χ4v) is 2.26. The van der Waals surface area contributed by atoms with Crippen LogP contribution in [0.3, 0.4) is 0 Å². The van der Waals surface area contributed by atoms with Gasteiger partial charge in [0.15, 0.2) is 6.29 Å². The summed E-state index contributed by atoms with van der Waals surface area (Å²) >= 11 is 0. The molecule has 7 unspecified atom stereocenters. The molecular weight excluding hydrogens is 256 g/mol. The van der Waals surface area contributed by atoms with Gasteiger partial charge in [-0.05, 0) is 12.8 Å². The first kappa shape index (κ1) is 14.9. The fourth-order valence-electron chi connectivity index (χ4n) is 2.26. The summed E-state index contributed by atoms with van der Waals surface area (Å²) in [5, 5.41) is 47.8. The molecule has 0 amide bonds. The van der Waals surface area contributed by atoms with Crippen molar-refractivity contribution in [3.8, 4) is 0 Å². The predicted molar refractivity (Wildman–Crippen MR) is 63.0 cm³/mol. The predicted octanol–water partition coefficient (Wildman–Crippen LogP) is -2.12. The van der Waals surface area contributed by atoms with Gasteiger partial charge in [0.1, 0.15) is 30.5 Å². The maximum Gasteiger partial charge on any atom is 0.187 e. The molecule has 7 nitrogen and oxygen atoms in total. The van der Waals surface area contributed by atoms with Crippen LogP contribution < -0.4 is 0 Å². The maximum absolute atomic E-state index is 9.79. The van der Waals surface area contributed by atoms with Gasteiger partial charge in [0, 0.05) is 0 Å². The van der Waals surface area contributed by atoms with Gasteiger partial charge >= 0.3 is 0 Å². The van der Waals surface area contributed by atoms with Crippen LogP contribution in [0.5, 0.6) is 0 Å². The summed E-state index contributed by atoms with van der Waals surface area (Å²) in [6.07, 6.45) is -3.10. The van der Waals surface area contributed by atoms with Crippen molar-refractivity contribution in [1.82, 2.24) is 0 Å². The van der Waals surface area contributed by atoms with Crippen LogP contribution >= 0.6 is 0 Å². The molecular formula is C12H20O7. The lowest BCUT2D eigenvalue weighted by Crippen LogP contribution is -2.60. The lowest BCUT2D eigenvalue weighted by molar-refractivity contribution is -0.312. The number of hydrogen-bond acceptors (Lipinski definition) is 7. The van der Waals surface area contributed by atoms with Gasteiger partial charge in [0.2, 0.25) is 0 Å². The summed E-state index contributed by atoms with van der Waals surface area (Å²) < 4.78 is 10.6. The van der Waals surface area contributed by atoms with E-state index >= 15 is 0 Å². The number of rotatable bonds is 3. The van der Waals surface area contributed by atoms with Crippen molar-refractivity contribution in [1.29, 1.82) is 0 Å². The van der Waals surface area contributed by atoms with Crippen LogP contribution in [-0.4, -0.2) is 75.1 Å². The van der Waals surface area contributed by atoms with Gasteiger partial charge in [-0.25, -0.2) is 0 Å². The molecule has 1 heterocycles. The van der Waals surface area contributed by atoms with E-state index in [1.54, 1.807) is 6.08 Å². The van der Waals surface area contributed by atoms with Crippen molar-refractivity contribution in [3.63, 3.8) is 0 Å². The quantitative estimate of drug-likeness (QED) is 0.374. The van der Waals surface area contributed by atoms with Gasteiger partial charge < -0.3 is 35.0 Å². The second kappa shape index (κ2) is 6.27. The number of aliphatic hydroxyl groups is 5. The molecule has 1 saturated heterocycles. The zero-order chi connectivity index (χ0) is 14.0. The summed E-state index contributed by atoms with van der Waals surface area (Å²) in [5.74, 6) is 0. The lowest BCUT2D eigenvalue weighted by Gasteiger charge is -2.41. The van der Waals surface area contributed by atoms with Crippen LogP contribution in [0.15, 0.2) is 12.2 Å². The van der Waals surface area contributed by atoms with Crippen LogP contribution in [0, 0.1) is 0 Å². The van der Waals surface area contributed by atoms with Gasteiger partial charge in [0.25, 0.3) is 0 Å². The summed E-state index contributed by atoms with van der Waals surface area (Å²) in [6.45, 7) is -0.506. The Bertz CT molecular complexity index is 319. The van der Waals surface area contributed by atoms with E-state index in [0.29, 0.717) is 6.42 Å². The van der Waals surface area contributed by atoms with E-state index in [-0.39, 0.29) is 0 Å². The van der Waals surface area contributed by atoms with Crippen molar-refractivity contribution in [2.75, 3.05) is 6.61 Å². The van der Waals surface area contributed by atoms with Gasteiger partial charge in [-0.2, -0.15) is 0 Å². The van der Waals surface area contributed by atoms with Crippen LogP contribution in [0.4, 0.5) is 0 Å². The number of allylic oxidation sites excluding steroid dienone is 1. The lowest BCUT2D eigenvalue weighted by atomic mass is 9.98. The molecule has 0 saturated carbocycles. The Morgan fingerprint density at radius 3 is 2.47 bits per heavy atom. The Hall–Kier alpha value is -0.540. The van der Waals surface area contributed by atoms with E-state index in [4.69, 9.17) is 14.6 Å². The van der Waals surface area contributed by atoms with Gasteiger partial charge in [-0.3, -0.25) is 0 Å². The first-order valence-corrected chi connectivity index (χ1v) is 6.35. The molecule has 0 bridgehead atoms. The first-order chi connectivity index (χ1) is 9.04. The smallest absolute Gasteiger partial charge is 0.187 e. The summed E-state index contributed by atoms with van der Waals surface area (Å²) in [6, 6.07) is 0. The van der Waals surface area contributed by atoms with E-state index in [9.17, 15) is 20.4 Å². The molecule has 7 heteroatoms. The van der Waals surface area contributed by atoms with E-state index < -0.39 is 49.5 Å². The van der Waals surface area contributed by atoms with Crippen molar-refractivity contribution < 1.29 is 35.0 Å². The van der Waals surface area contributed by atoms with Gasteiger partial charge in [0.05, 0.1) is 12.7 Å². The molecule has 0 aromatic rings. The first-order valence-electron chi connectivity index (χ1n) is 6.35. The van der Waals surface area contributed by atoms with Crippen molar-refractivity contribution >= 4 is 0 Å². The standard InChI is InChI=1S/C12H20O7/c13-5-8-9(15)10(16)11(17)12(19-8)18-7-4-2-1-3-6(7)14/h2,4,6-17H,1,3,5H2. The Morgan fingerprint density at radius 2 is 1.84 bits per heavy atom. The highest BCUT2D eigenvalue weighted by Gasteiger charge is 2.45. The van der Waals surface area contributed by atoms with Crippen LogP contribution in [-0.2, 0) is 9.47 Å². The SMILES string of the molecule is OCC1OC(OC2C=CCCC2O)C(O)C(O)C1O. The number of hydrogen-bond donors (Lipinski definition) is 5.